The van der Waals surface area contributed by atoms with Crippen LogP contribution in [-0.2, 0) is 10.2 Å². The molecule has 9 nitrogen and oxygen atoms in total. The topological polar surface area (TPSA) is 113 Å². The van der Waals surface area contributed by atoms with Gasteiger partial charge in [0.1, 0.15) is 11.6 Å². The van der Waals surface area contributed by atoms with Crippen molar-refractivity contribution in [3.05, 3.63) is 65.5 Å². The second-order valence-corrected chi connectivity index (χ2v) is 10.5. The lowest BCUT2D eigenvalue weighted by molar-refractivity contribution is 0.0925. The minimum Gasteiger partial charge on any atom is -0.364 e. The molecule has 1 amide bonds. The number of carbonyl (C=O) groups is 1. The number of nitrogens with one attached hydrogen (secondary N) is 1. The molecule has 12 heteroatoms. The molecule has 0 bridgehead atoms. The highest BCUT2D eigenvalue weighted by Gasteiger charge is 2.30. The van der Waals surface area contributed by atoms with E-state index in [4.69, 9.17) is 5.14 Å². The van der Waals surface area contributed by atoms with Crippen molar-refractivity contribution in [2.75, 3.05) is 24.5 Å². The molecule has 1 unspecified atom stereocenters. The second kappa shape index (κ2) is 9.17. The van der Waals surface area contributed by atoms with Crippen LogP contribution in [0.25, 0.3) is 5.52 Å². The first-order valence-electron chi connectivity index (χ1n) is 11.5. The van der Waals surface area contributed by atoms with E-state index in [0.717, 1.165) is 24.2 Å². The zero-order valence-corrected chi connectivity index (χ0v) is 19.7. The summed E-state index contributed by atoms with van der Waals surface area (Å²) in [5.41, 5.74) is 2.08. The first-order chi connectivity index (χ1) is 16.7. The van der Waals surface area contributed by atoms with E-state index in [1.807, 2.05) is 17.0 Å². The van der Waals surface area contributed by atoms with Crippen LogP contribution in [0.5, 0.6) is 0 Å². The van der Waals surface area contributed by atoms with E-state index in [9.17, 15) is 22.0 Å². The van der Waals surface area contributed by atoms with Gasteiger partial charge in [-0.2, -0.15) is 17.8 Å². The van der Waals surface area contributed by atoms with Crippen LogP contribution in [0.1, 0.15) is 47.6 Å². The molecule has 2 aliphatic rings. The van der Waals surface area contributed by atoms with Gasteiger partial charge in [-0.15, -0.1) is 0 Å². The van der Waals surface area contributed by atoms with Gasteiger partial charge < -0.3 is 10.2 Å². The zero-order valence-electron chi connectivity index (χ0n) is 18.9. The van der Waals surface area contributed by atoms with Crippen LogP contribution in [0, 0.1) is 11.6 Å². The smallest absolute Gasteiger partial charge is 0.276 e. The van der Waals surface area contributed by atoms with Crippen LogP contribution in [-0.4, -0.2) is 53.9 Å². The number of nitrogens with zero attached hydrogens (tertiary/aromatic N) is 4. The minimum absolute atomic E-state index is 0.183. The Balaban J connectivity index is 1.36. The summed E-state index contributed by atoms with van der Waals surface area (Å²) in [4.78, 5) is 15.1. The van der Waals surface area contributed by atoms with Gasteiger partial charge in [0.15, 0.2) is 0 Å². The van der Waals surface area contributed by atoms with Gasteiger partial charge in [0.25, 0.3) is 16.1 Å². The molecule has 5 rings (SSSR count). The van der Waals surface area contributed by atoms with Crippen molar-refractivity contribution < 1.29 is 22.0 Å². The number of anilines is 1. The van der Waals surface area contributed by atoms with Crippen LogP contribution >= 0.6 is 0 Å². The number of aromatic nitrogens is 2. The van der Waals surface area contributed by atoms with Gasteiger partial charge in [-0.1, -0.05) is 0 Å². The molecular formula is C23H26F2N6O3S. The second-order valence-electron chi connectivity index (χ2n) is 8.98. The molecule has 2 aromatic heterocycles. The Bertz CT molecular complexity index is 1370. The molecule has 1 atom stereocenters. The Morgan fingerprint density at radius 2 is 1.86 bits per heavy atom. The summed E-state index contributed by atoms with van der Waals surface area (Å²) >= 11 is 0. The molecule has 0 radical (unpaired) electrons. The summed E-state index contributed by atoms with van der Waals surface area (Å²) in [5, 5.41) is 12.4. The van der Waals surface area contributed by atoms with E-state index in [-0.39, 0.29) is 31.1 Å². The van der Waals surface area contributed by atoms with E-state index in [1.165, 1.54) is 16.6 Å². The first-order valence-corrected chi connectivity index (χ1v) is 13.0. The van der Waals surface area contributed by atoms with E-state index < -0.39 is 21.8 Å². The molecule has 0 spiro atoms. The Hall–Kier alpha value is -3.09. The summed E-state index contributed by atoms with van der Waals surface area (Å²) in [6.45, 7) is 1.17. The third-order valence-electron chi connectivity index (χ3n) is 6.80. The lowest BCUT2D eigenvalue weighted by atomic mass is 10.0. The fourth-order valence-electron chi connectivity index (χ4n) is 5.01. The van der Waals surface area contributed by atoms with Crippen LogP contribution in [0.3, 0.4) is 0 Å². The minimum atomic E-state index is -3.73. The summed E-state index contributed by atoms with van der Waals surface area (Å²) in [5.74, 6) is -1.23. The number of fused-ring (bicyclic) bond motifs is 1. The van der Waals surface area contributed by atoms with Gasteiger partial charge in [-0.05, 0) is 56.0 Å². The van der Waals surface area contributed by atoms with Crippen molar-refractivity contribution in [2.24, 2.45) is 5.14 Å². The maximum atomic E-state index is 14.5. The van der Waals surface area contributed by atoms with Gasteiger partial charge in [-0.3, -0.25) is 4.79 Å². The van der Waals surface area contributed by atoms with Gasteiger partial charge in [-0.25, -0.2) is 18.4 Å². The monoisotopic (exact) mass is 504 g/mol. The number of rotatable bonds is 5. The lowest BCUT2D eigenvalue weighted by Gasteiger charge is -2.30. The van der Waals surface area contributed by atoms with Crippen molar-refractivity contribution in [2.45, 2.75) is 37.8 Å². The van der Waals surface area contributed by atoms with Gasteiger partial charge >= 0.3 is 0 Å². The highest BCUT2D eigenvalue weighted by atomic mass is 32.2. The van der Waals surface area contributed by atoms with Crippen LogP contribution in [0.15, 0.2) is 42.7 Å². The van der Waals surface area contributed by atoms with E-state index in [1.54, 1.807) is 10.7 Å². The molecule has 3 aromatic rings. The summed E-state index contributed by atoms with van der Waals surface area (Å²) in [6.07, 6.45) is 5.67. The van der Waals surface area contributed by atoms with E-state index in [2.05, 4.69) is 10.4 Å². The molecule has 3 N–H and O–H groups in total. The maximum absolute atomic E-state index is 14.5. The molecule has 2 fully saturated rings. The third-order valence-corrected chi connectivity index (χ3v) is 7.89. The fourth-order valence-corrected chi connectivity index (χ4v) is 5.73. The molecule has 2 aliphatic heterocycles. The predicted octanol–water partition coefficient (Wildman–Crippen LogP) is 2.35. The average Bonchev–Trinajstić information content (AvgIpc) is 3.47. The van der Waals surface area contributed by atoms with Gasteiger partial charge in [0, 0.05) is 43.1 Å². The largest absolute Gasteiger partial charge is 0.364 e. The van der Waals surface area contributed by atoms with Crippen molar-refractivity contribution in [3.63, 3.8) is 0 Å². The third kappa shape index (κ3) is 4.73. The van der Waals surface area contributed by atoms with E-state index >= 15 is 0 Å². The van der Waals surface area contributed by atoms with Gasteiger partial charge in [0.05, 0.1) is 23.3 Å². The zero-order chi connectivity index (χ0) is 24.7. The van der Waals surface area contributed by atoms with Crippen LogP contribution in [0.4, 0.5) is 14.5 Å². The lowest BCUT2D eigenvalue weighted by Crippen LogP contribution is -2.48. The highest BCUT2D eigenvalue weighted by molar-refractivity contribution is 7.86. The van der Waals surface area contributed by atoms with Crippen molar-refractivity contribution in [3.8, 4) is 0 Å². The predicted molar refractivity (Wildman–Crippen MR) is 126 cm³/mol. The Labute approximate surface area is 201 Å². The average molecular weight is 505 g/mol. The number of amides is 1. The number of carbonyl (C=O) groups excluding carboxylic acids is 1. The van der Waals surface area contributed by atoms with Crippen molar-refractivity contribution >= 4 is 27.3 Å². The van der Waals surface area contributed by atoms with E-state index in [0.29, 0.717) is 42.5 Å². The summed E-state index contributed by atoms with van der Waals surface area (Å²) in [7, 11) is -3.73. The Kier molecular flexibility index (Phi) is 6.20. The number of benzene rings is 1. The molecule has 0 saturated carbocycles. The number of pyridine rings is 1. The molecule has 35 heavy (non-hydrogen) atoms. The van der Waals surface area contributed by atoms with Crippen molar-refractivity contribution in [1.82, 2.24) is 19.2 Å². The number of hydrogen-bond donors (Lipinski definition) is 2. The molecular weight excluding hydrogens is 478 g/mol. The standard InChI is InChI=1S/C23H26F2N6O3S/c24-15-3-4-20(25)18(12-15)21-2-1-8-30(21)17-7-11-31-22(13-17)19(14-27-31)23(32)28-16-5-9-29(10-6-16)35(26,33)34/h3-4,7,11-14,16,21H,1-2,5-6,8-10H2,(H,28,32)(H2,26,33,34). The fraction of sp³-hybridized carbons (Fsp3) is 0.391. The SMILES string of the molecule is NS(=O)(=O)N1CCC(NC(=O)c2cnn3ccc(N4CCCC4c4cc(F)ccc4F)cc23)CC1. The quantitative estimate of drug-likeness (QED) is 0.554. The van der Waals surface area contributed by atoms with Gasteiger partial charge in [0.2, 0.25) is 0 Å². The highest BCUT2D eigenvalue weighted by Crippen LogP contribution is 2.38. The van der Waals surface area contributed by atoms with Crippen LogP contribution < -0.4 is 15.4 Å². The Morgan fingerprint density at radius 1 is 1.09 bits per heavy atom. The summed E-state index contributed by atoms with van der Waals surface area (Å²) < 4.78 is 54.1. The van der Waals surface area contributed by atoms with Crippen LogP contribution in [0.2, 0.25) is 0 Å². The molecule has 2 saturated heterocycles. The normalized spacial score (nSPS) is 20.0. The molecule has 0 aliphatic carbocycles. The molecule has 186 valence electrons. The number of nitrogens with two attached hydrogens (primary N) is 1. The Morgan fingerprint density at radius 3 is 2.60 bits per heavy atom. The molecule has 4 heterocycles. The molecule has 1 aromatic carbocycles. The number of piperidine rings is 1. The number of hydrogen-bond acceptors (Lipinski definition) is 5. The number of halogens is 2. The van der Waals surface area contributed by atoms with Crippen molar-refractivity contribution in [1.29, 1.82) is 0 Å². The first kappa shape index (κ1) is 23.6. The maximum Gasteiger partial charge on any atom is 0.276 e. The summed E-state index contributed by atoms with van der Waals surface area (Å²) in [6, 6.07) is 6.70.